The van der Waals surface area contributed by atoms with Gasteiger partial charge in [-0.2, -0.15) is 0 Å². The SMILES string of the molecule is COc1ccc(-c2nc3ccccc3c(=O)n2CCOc2ccc(Cl)cc2C)cc1. The van der Waals surface area contributed by atoms with Crippen LogP contribution in [0, 0.1) is 6.92 Å². The first kappa shape index (κ1) is 20.0. The molecule has 152 valence electrons. The minimum absolute atomic E-state index is 0.0946. The van der Waals surface area contributed by atoms with Crippen LogP contribution in [0.3, 0.4) is 0 Å². The Hall–Kier alpha value is -3.31. The van der Waals surface area contributed by atoms with Crippen molar-refractivity contribution in [3.8, 4) is 22.9 Å². The second-order valence-electron chi connectivity index (χ2n) is 6.90. The molecule has 0 saturated heterocycles. The van der Waals surface area contributed by atoms with Crippen molar-refractivity contribution in [3.63, 3.8) is 0 Å². The molecule has 30 heavy (non-hydrogen) atoms. The molecule has 0 N–H and O–H groups in total. The summed E-state index contributed by atoms with van der Waals surface area (Å²) in [6.07, 6.45) is 0. The van der Waals surface area contributed by atoms with E-state index in [-0.39, 0.29) is 5.56 Å². The molecule has 4 aromatic rings. The number of ether oxygens (including phenoxy) is 2. The van der Waals surface area contributed by atoms with Crippen molar-refractivity contribution < 1.29 is 9.47 Å². The Bertz CT molecular complexity index is 1250. The molecule has 0 unspecified atom stereocenters. The zero-order valence-corrected chi connectivity index (χ0v) is 17.5. The Balaban J connectivity index is 1.71. The van der Waals surface area contributed by atoms with Gasteiger partial charge in [0.15, 0.2) is 0 Å². The molecule has 0 aliphatic carbocycles. The summed E-state index contributed by atoms with van der Waals surface area (Å²) >= 11 is 6.02. The summed E-state index contributed by atoms with van der Waals surface area (Å²) in [4.78, 5) is 18.0. The van der Waals surface area contributed by atoms with Gasteiger partial charge in [0.25, 0.3) is 5.56 Å². The second-order valence-corrected chi connectivity index (χ2v) is 7.33. The number of para-hydroxylation sites is 1. The van der Waals surface area contributed by atoms with Crippen molar-refractivity contribution in [2.24, 2.45) is 0 Å². The minimum Gasteiger partial charge on any atom is -0.497 e. The number of hydrogen-bond acceptors (Lipinski definition) is 4. The summed E-state index contributed by atoms with van der Waals surface area (Å²) in [7, 11) is 1.62. The van der Waals surface area contributed by atoms with Crippen LogP contribution in [0.4, 0.5) is 0 Å². The number of methoxy groups -OCH3 is 1. The summed E-state index contributed by atoms with van der Waals surface area (Å²) in [5.74, 6) is 2.08. The van der Waals surface area contributed by atoms with Crippen LogP contribution < -0.4 is 15.0 Å². The molecular weight excluding hydrogens is 400 g/mol. The highest BCUT2D eigenvalue weighted by Gasteiger charge is 2.13. The fraction of sp³-hybridized carbons (Fsp3) is 0.167. The van der Waals surface area contributed by atoms with E-state index in [2.05, 4.69) is 0 Å². The molecule has 0 radical (unpaired) electrons. The lowest BCUT2D eigenvalue weighted by Crippen LogP contribution is -2.26. The highest BCUT2D eigenvalue weighted by molar-refractivity contribution is 6.30. The van der Waals surface area contributed by atoms with Gasteiger partial charge in [-0.05, 0) is 67.1 Å². The zero-order valence-electron chi connectivity index (χ0n) is 16.8. The Morgan fingerprint density at radius 3 is 2.53 bits per heavy atom. The summed E-state index contributed by atoms with van der Waals surface area (Å²) in [6.45, 7) is 2.62. The first-order chi connectivity index (χ1) is 14.6. The van der Waals surface area contributed by atoms with Crippen molar-refractivity contribution in [2.75, 3.05) is 13.7 Å². The van der Waals surface area contributed by atoms with Crippen molar-refractivity contribution in [3.05, 3.63) is 87.7 Å². The Labute approximate surface area is 179 Å². The molecule has 0 aliphatic heterocycles. The molecule has 0 fully saturated rings. The molecule has 0 spiro atoms. The second kappa shape index (κ2) is 8.59. The molecule has 0 saturated carbocycles. The molecule has 4 rings (SSSR count). The lowest BCUT2D eigenvalue weighted by molar-refractivity contribution is 0.295. The lowest BCUT2D eigenvalue weighted by Gasteiger charge is -2.15. The standard InChI is InChI=1S/C24H21ClN2O3/c1-16-15-18(25)9-12-22(16)30-14-13-27-23(17-7-10-19(29-2)11-8-17)26-21-6-4-3-5-20(21)24(27)28/h3-12,15H,13-14H2,1-2H3. The smallest absolute Gasteiger partial charge is 0.261 e. The van der Waals surface area contributed by atoms with E-state index in [1.807, 2.05) is 61.5 Å². The average molecular weight is 421 g/mol. The third-order valence-electron chi connectivity index (χ3n) is 4.92. The summed E-state index contributed by atoms with van der Waals surface area (Å²) in [6, 6.07) is 20.4. The lowest BCUT2D eigenvalue weighted by atomic mass is 10.1. The van der Waals surface area contributed by atoms with Gasteiger partial charge in [-0.3, -0.25) is 9.36 Å². The summed E-state index contributed by atoms with van der Waals surface area (Å²) in [5, 5.41) is 1.24. The van der Waals surface area contributed by atoms with E-state index in [0.717, 1.165) is 22.6 Å². The predicted octanol–water partition coefficient (Wildman–Crippen LogP) is 5.11. The monoisotopic (exact) mass is 420 g/mol. The first-order valence-electron chi connectivity index (χ1n) is 9.60. The molecule has 5 nitrogen and oxygen atoms in total. The van der Waals surface area contributed by atoms with Gasteiger partial charge in [0, 0.05) is 10.6 Å². The maximum absolute atomic E-state index is 13.2. The molecule has 0 atom stereocenters. The van der Waals surface area contributed by atoms with Crippen LogP contribution >= 0.6 is 11.6 Å². The Morgan fingerprint density at radius 1 is 1.03 bits per heavy atom. The van der Waals surface area contributed by atoms with Crippen LogP contribution in [-0.2, 0) is 6.54 Å². The fourth-order valence-corrected chi connectivity index (χ4v) is 3.58. The van der Waals surface area contributed by atoms with Crippen LogP contribution in [0.5, 0.6) is 11.5 Å². The van der Waals surface area contributed by atoms with Crippen LogP contribution in [-0.4, -0.2) is 23.3 Å². The highest BCUT2D eigenvalue weighted by Crippen LogP contribution is 2.23. The van der Waals surface area contributed by atoms with E-state index in [4.69, 9.17) is 26.1 Å². The number of aromatic nitrogens is 2. The molecule has 0 aliphatic rings. The van der Waals surface area contributed by atoms with Gasteiger partial charge in [-0.1, -0.05) is 23.7 Å². The van der Waals surface area contributed by atoms with Crippen LogP contribution in [0.2, 0.25) is 5.02 Å². The van der Waals surface area contributed by atoms with Gasteiger partial charge in [0.2, 0.25) is 0 Å². The average Bonchev–Trinajstić information content (AvgIpc) is 2.76. The van der Waals surface area contributed by atoms with Gasteiger partial charge in [-0.25, -0.2) is 4.98 Å². The summed E-state index contributed by atoms with van der Waals surface area (Å²) < 4.78 is 12.8. The van der Waals surface area contributed by atoms with E-state index in [9.17, 15) is 4.79 Å². The third-order valence-corrected chi connectivity index (χ3v) is 5.15. The van der Waals surface area contributed by atoms with Gasteiger partial charge in [0.1, 0.15) is 23.9 Å². The van der Waals surface area contributed by atoms with Crippen molar-refractivity contribution in [1.82, 2.24) is 9.55 Å². The first-order valence-corrected chi connectivity index (χ1v) is 9.97. The molecule has 1 heterocycles. The molecule has 6 heteroatoms. The number of hydrogen-bond donors (Lipinski definition) is 0. The third kappa shape index (κ3) is 4.02. The van der Waals surface area contributed by atoms with Crippen molar-refractivity contribution in [2.45, 2.75) is 13.5 Å². The predicted molar refractivity (Wildman–Crippen MR) is 120 cm³/mol. The highest BCUT2D eigenvalue weighted by atomic mass is 35.5. The van der Waals surface area contributed by atoms with E-state index >= 15 is 0 Å². The Morgan fingerprint density at radius 2 is 1.80 bits per heavy atom. The fourth-order valence-electron chi connectivity index (χ4n) is 3.36. The molecule has 0 amide bonds. The van der Waals surface area contributed by atoms with Gasteiger partial charge in [-0.15, -0.1) is 0 Å². The van der Waals surface area contributed by atoms with E-state index in [1.54, 1.807) is 23.8 Å². The summed E-state index contributed by atoms with van der Waals surface area (Å²) in [5.41, 5.74) is 2.35. The number of fused-ring (bicyclic) bond motifs is 1. The minimum atomic E-state index is -0.0946. The normalized spacial score (nSPS) is 10.9. The Kier molecular flexibility index (Phi) is 5.72. The van der Waals surface area contributed by atoms with Crippen LogP contribution in [0.15, 0.2) is 71.5 Å². The maximum atomic E-state index is 13.2. The topological polar surface area (TPSA) is 53.3 Å². The zero-order chi connectivity index (χ0) is 21.1. The molecule has 3 aromatic carbocycles. The number of rotatable bonds is 6. The van der Waals surface area contributed by atoms with E-state index < -0.39 is 0 Å². The molecule has 0 bridgehead atoms. The number of nitrogens with zero attached hydrogens (tertiary/aromatic N) is 2. The largest absolute Gasteiger partial charge is 0.497 e. The van der Waals surface area contributed by atoms with Crippen LogP contribution in [0.1, 0.15) is 5.56 Å². The van der Waals surface area contributed by atoms with E-state index in [1.165, 1.54) is 0 Å². The van der Waals surface area contributed by atoms with E-state index in [0.29, 0.717) is 34.9 Å². The van der Waals surface area contributed by atoms with Crippen molar-refractivity contribution in [1.29, 1.82) is 0 Å². The number of halogens is 1. The molecular formula is C24H21ClN2O3. The maximum Gasteiger partial charge on any atom is 0.261 e. The number of benzene rings is 3. The quantitative estimate of drug-likeness (QED) is 0.434. The molecule has 1 aromatic heterocycles. The van der Waals surface area contributed by atoms with Gasteiger partial charge in [0.05, 0.1) is 24.6 Å². The van der Waals surface area contributed by atoms with Crippen molar-refractivity contribution >= 4 is 22.5 Å². The van der Waals surface area contributed by atoms with Crippen LogP contribution in [0.25, 0.3) is 22.3 Å². The number of aryl methyl sites for hydroxylation is 1. The van der Waals surface area contributed by atoms with Gasteiger partial charge >= 0.3 is 0 Å². The van der Waals surface area contributed by atoms with Gasteiger partial charge < -0.3 is 9.47 Å².